The molecule has 7 nitrogen and oxygen atoms in total. The minimum absolute atomic E-state index is 0.360. The van der Waals surface area contributed by atoms with Gasteiger partial charge in [0.2, 0.25) is 11.8 Å². The van der Waals surface area contributed by atoms with Gasteiger partial charge in [-0.1, -0.05) is 30.3 Å². The van der Waals surface area contributed by atoms with Crippen LogP contribution in [0.15, 0.2) is 65.0 Å². The molecular formula is C19H20N6OS2. The second-order valence-electron chi connectivity index (χ2n) is 5.68. The van der Waals surface area contributed by atoms with E-state index >= 15 is 0 Å². The topological polar surface area (TPSA) is 84.9 Å². The van der Waals surface area contributed by atoms with E-state index < -0.39 is 0 Å². The Morgan fingerprint density at radius 3 is 2.64 bits per heavy atom. The number of benzene rings is 1. The number of thiocarbonyl (C=S) groups is 1. The van der Waals surface area contributed by atoms with Crippen LogP contribution < -0.4 is 15.4 Å². The third kappa shape index (κ3) is 6.43. The number of aromatic nitrogens is 4. The van der Waals surface area contributed by atoms with Crippen LogP contribution >= 0.6 is 24.0 Å². The van der Waals surface area contributed by atoms with Crippen LogP contribution in [0.3, 0.4) is 0 Å². The molecule has 144 valence electrons. The lowest BCUT2D eigenvalue weighted by Crippen LogP contribution is -2.30. The van der Waals surface area contributed by atoms with Gasteiger partial charge in [0.15, 0.2) is 10.3 Å². The zero-order valence-corrected chi connectivity index (χ0v) is 17.0. The molecule has 28 heavy (non-hydrogen) atoms. The van der Waals surface area contributed by atoms with Gasteiger partial charge in [-0.15, -0.1) is 0 Å². The summed E-state index contributed by atoms with van der Waals surface area (Å²) in [5.41, 5.74) is 1.31. The lowest BCUT2D eigenvalue weighted by Gasteiger charge is -2.11. The Morgan fingerprint density at radius 2 is 1.89 bits per heavy atom. The van der Waals surface area contributed by atoms with Crippen LogP contribution in [0.5, 0.6) is 5.88 Å². The molecule has 3 aromatic rings. The third-order valence-corrected chi connectivity index (χ3v) is 4.68. The summed E-state index contributed by atoms with van der Waals surface area (Å²) in [7, 11) is 1.56. The lowest BCUT2D eigenvalue weighted by atomic mass is 10.1. The number of rotatable bonds is 8. The van der Waals surface area contributed by atoms with Crippen molar-refractivity contribution >= 4 is 35.0 Å². The van der Waals surface area contributed by atoms with Crippen LogP contribution in [0.4, 0.5) is 5.95 Å². The first kappa shape index (κ1) is 20.0. The normalized spacial score (nSPS) is 10.3. The maximum Gasteiger partial charge on any atom is 0.233 e. The van der Waals surface area contributed by atoms with Gasteiger partial charge in [0, 0.05) is 25.0 Å². The molecule has 0 spiro atoms. The smallest absolute Gasteiger partial charge is 0.233 e. The van der Waals surface area contributed by atoms with Gasteiger partial charge in [-0.3, -0.25) is 0 Å². The number of nitrogens with zero attached hydrogens (tertiary/aromatic N) is 4. The highest BCUT2D eigenvalue weighted by atomic mass is 32.2. The average Bonchev–Trinajstić information content (AvgIpc) is 2.72. The van der Waals surface area contributed by atoms with Crippen molar-refractivity contribution in [1.82, 2.24) is 25.3 Å². The maximum absolute atomic E-state index is 5.34. The molecule has 2 heterocycles. The van der Waals surface area contributed by atoms with Gasteiger partial charge in [-0.05, 0) is 48.5 Å². The monoisotopic (exact) mass is 412 g/mol. The molecule has 0 bridgehead atoms. The maximum atomic E-state index is 5.34. The summed E-state index contributed by atoms with van der Waals surface area (Å²) in [6.07, 6.45) is 5.32. The van der Waals surface area contributed by atoms with Crippen molar-refractivity contribution in [1.29, 1.82) is 0 Å². The summed E-state index contributed by atoms with van der Waals surface area (Å²) >= 11 is 6.66. The highest BCUT2D eigenvalue weighted by molar-refractivity contribution is 7.99. The van der Waals surface area contributed by atoms with E-state index in [0.29, 0.717) is 27.1 Å². The Balaban J connectivity index is 1.53. The van der Waals surface area contributed by atoms with E-state index in [4.69, 9.17) is 17.0 Å². The molecule has 2 aromatic heterocycles. The highest BCUT2D eigenvalue weighted by Crippen LogP contribution is 2.25. The minimum atomic E-state index is 0.360. The van der Waals surface area contributed by atoms with Crippen molar-refractivity contribution in [3.8, 4) is 5.88 Å². The summed E-state index contributed by atoms with van der Waals surface area (Å²) in [4.78, 5) is 17.1. The molecule has 0 amide bonds. The molecule has 0 radical (unpaired) electrons. The van der Waals surface area contributed by atoms with Crippen molar-refractivity contribution in [3.05, 3.63) is 60.4 Å². The fourth-order valence-electron chi connectivity index (χ4n) is 2.33. The standard InChI is InChI=1S/C19H20N6OS2/c1-26-15-13-16(28-19-21-11-6-12-22-19)24-17(23-15)25-18(27)20-10-5-9-14-7-3-2-4-8-14/h2-4,6-8,11-13H,5,9-10H2,1H3,(H2,20,23,24,25,27). The molecule has 0 aliphatic heterocycles. The largest absolute Gasteiger partial charge is 0.481 e. The molecular weight excluding hydrogens is 392 g/mol. The summed E-state index contributed by atoms with van der Waals surface area (Å²) in [6, 6.07) is 13.8. The van der Waals surface area contributed by atoms with Crippen LogP contribution in [-0.4, -0.2) is 38.7 Å². The van der Waals surface area contributed by atoms with Gasteiger partial charge in [-0.2, -0.15) is 4.98 Å². The van der Waals surface area contributed by atoms with Crippen molar-refractivity contribution in [3.63, 3.8) is 0 Å². The average molecular weight is 413 g/mol. The Hall–Kier alpha value is -2.78. The lowest BCUT2D eigenvalue weighted by molar-refractivity contribution is 0.396. The van der Waals surface area contributed by atoms with Crippen LogP contribution in [0.25, 0.3) is 0 Å². The van der Waals surface area contributed by atoms with Crippen LogP contribution in [0.1, 0.15) is 12.0 Å². The number of nitrogens with one attached hydrogen (secondary N) is 2. The van der Waals surface area contributed by atoms with Crippen LogP contribution in [0, 0.1) is 0 Å². The first-order chi connectivity index (χ1) is 13.7. The molecule has 0 fully saturated rings. The van der Waals surface area contributed by atoms with E-state index in [2.05, 4.69) is 42.7 Å². The molecule has 0 unspecified atom stereocenters. The number of aryl methyl sites for hydroxylation is 1. The molecule has 0 aliphatic rings. The fraction of sp³-hybridized carbons (Fsp3) is 0.211. The minimum Gasteiger partial charge on any atom is -0.481 e. The highest BCUT2D eigenvalue weighted by Gasteiger charge is 2.09. The first-order valence-corrected chi connectivity index (χ1v) is 9.92. The predicted molar refractivity (Wildman–Crippen MR) is 114 cm³/mol. The van der Waals surface area contributed by atoms with E-state index in [1.54, 1.807) is 31.6 Å². The Kier molecular flexibility index (Phi) is 7.51. The summed E-state index contributed by atoms with van der Waals surface area (Å²) in [6.45, 7) is 0.754. The molecule has 0 aliphatic carbocycles. The molecule has 9 heteroatoms. The number of methoxy groups -OCH3 is 1. The van der Waals surface area contributed by atoms with Crippen LogP contribution in [0.2, 0.25) is 0 Å². The third-order valence-electron chi connectivity index (χ3n) is 3.62. The van der Waals surface area contributed by atoms with E-state index in [9.17, 15) is 0 Å². The second-order valence-corrected chi connectivity index (χ2v) is 7.07. The van der Waals surface area contributed by atoms with Crippen molar-refractivity contribution in [2.24, 2.45) is 0 Å². The van der Waals surface area contributed by atoms with Gasteiger partial charge in [0.1, 0.15) is 5.03 Å². The SMILES string of the molecule is COc1cc(Sc2ncccn2)nc(NC(=S)NCCCc2ccccc2)n1. The number of ether oxygens (including phenoxy) is 1. The summed E-state index contributed by atoms with van der Waals surface area (Å²) in [5.74, 6) is 0.793. The number of hydrogen-bond acceptors (Lipinski definition) is 7. The Morgan fingerprint density at radius 1 is 1.11 bits per heavy atom. The molecule has 2 N–H and O–H groups in total. The van der Waals surface area contributed by atoms with Crippen molar-refractivity contribution < 1.29 is 4.74 Å². The predicted octanol–water partition coefficient (Wildman–Crippen LogP) is 3.35. The van der Waals surface area contributed by atoms with E-state index in [1.165, 1.54) is 17.3 Å². The Labute approximate surface area is 173 Å². The summed E-state index contributed by atoms with van der Waals surface area (Å²) < 4.78 is 5.25. The molecule has 0 atom stereocenters. The molecule has 0 saturated carbocycles. The zero-order chi connectivity index (χ0) is 19.6. The number of hydrogen-bond donors (Lipinski definition) is 2. The molecule has 3 rings (SSSR count). The van der Waals surface area contributed by atoms with Gasteiger partial charge in [-0.25, -0.2) is 15.0 Å². The van der Waals surface area contributed by atoms with Gasteiger partial charge in [0.05, 0.1) is 7.11 Å². The number of anilines is 1. The van der Waals surface area contributed by atoms with Crippen molar-refractivity contribution in [2.45, 2.75) is 23.0 Å². The molecule has 0 saturated heterocycles. The van der Waals surface area contributed by atoms with E-state index in [-0.39, 0.29) is 0 Å². The quantitative estimate of drug-likeness (QED) is 0.250. The van der Waals surface area contributed by atoms with Gasteiger partial charge in [0.25, 0.3) is 0 Å². The van der Waals surface area contributed by atoms with Gasteiger partial charge < -0.3 is 15.4 Å². The van der Waals surface area contributed by atoms with E-state index in [1.807, 2.05) is 18.2 Å². The van der Waals surface area contributed by atoms with E-state index in [0.717, 1.165) is 19.4 Å². The first-order valence-electron chi connectivity index (χ1n) is 8.69. The Bertz CT molecular complexity index is 895. The second kappa shape index (κ2) is 10.5. The summed E-state index contributed by atoms with van der Waals surface area (Å²) in [5, 5.41) is 7.90. The van der Waals surface area contributed by atoms with Crippen LogP contribution in [-0.2, 0) is 6.42 Å². The zero-order valence-electron chi connectivity index (χ0n) is 15.3. The molecule has 1 aromatic carbocycles. The van der Waals surface area contributed by atoms with Crippen molar-refractivity contribution in [2.75, 3.05) is 19.0 Å². The fourth-order valence-corrected chi connectivity index (χ4v) is 3.23. The van der Waals surface area contributed by atoms with Gasteiger partial charge >= 0.3 is 0 Å².